The highest BCUT2D eigenvalue weighted by molar-refractivity contribution is 5.75. The van der Waals surface area contributed by atoms with Gasteiger partial charge in [-0.2, -0.15) is 10.2 Å². The van der Waals surface area contributed by atoms with Gasteiger partial charge < -0.3 is 10.6 Å². The van der Waals surface area contributed by atoms with Crippen LogP contribution in [0.1, 0.15) is 35.6 Å². The Morgan fingerprint density at radius 2 is 2.18 bits per heavy atom. The van der Waals surface area contributed by atoms with Crippen LogP contribution in [0.15, 0.2) is 48.9 Å². The lowest BCUT2D eigenvalue weighted by Gasteiger charge is -2.23. The monoisotopic (exact) mass is 378 g/mol. The molecule has 0 unspecified atom stereocenters. The molecular weight excluding hydrogens is 352 g/mol. The lowest BCUT2D eigenvalue weighted by Crippen LogP contribution is -2.32. The molecule has 2 aromatic heterocycles. The van der Waals surface area contributed by atoms with Crippen LogP contribution in [0.25, 0.3) is 5.69 Å². The van der Waals surface area contributed by atoms with Crippen molar-refractivity contribution >= 4 is 5.91 Å². The molecule has 3 aromatic rings. The van der Waals surface area contributed by atoms with Crippen LogP contribution >= 0.6 is 0 Å². The normalized spacial score (nSPS) is 16.8. The Hall–Kier alpha value is -2.93. The Morgan fingerprint density at radius 1 is 1.29 bits per heavy atom. The molecule has 7 nitrogen and oxygen atoms in total. The van der Waals surface area contributed by atoms with Gasteiger partial charge in [0, 0.05) is 42.7 Å². The highest BCUT2D eigenvalue weighted by atomic mass is 16.2. The van der Waals surface area contributed by atoms with Crippen LogP contribution in [-0.2, 0) is 17.9 Å². The van der Waals surface area contributed by atoms with Gasteiger partial charge in [-0.15, -0.1) is 0 Å². The second-order valence-corrected chi connectivity index (χ2v) is 7.31. The maximum atomic E-state index is 12.4. The Morgan fingerprint density at radius 3 is 3.00 bits per heavy atom. The van der Waals surface area contributed by atoms with E-state index in [0.717, 1.165) is 48.4 Å². The number of rotatable bonds is 6. The van der Waals surface area contributed by atoms with Gasteiger partial charge in [0.25, 0.3) is 0 Å². The van der Waals surface area contributed by atoms with Crippen molar-refractivity contribution in [3.05, 3.63) is 65.7 Å². The van der Waals surface area contributed by atoms with E-state index < -0.39 is 0 Å². The molecule has 7 heteroatoms. The molecule has 0 bridgehead atoms. The van der Waals surface area contributed by atoms with Crippen molar-refractivity contribution < 1.29 is 4.79 Å². The number of nitrogens with one attached hydrogen (secondary N) is 2. The molecule has 28 heavy (non-hydrogen) atoms. The lowest BCUT2D eigenvalue weighted by atomic mass is 9.96. The summed E-state index contributed by atoms with van der Waals surface area (Å²) >= 11 is 0. The van der Waals surface area contributed by atoms with Crippen molar-refractivity contribution in [1.29, 1.82) is 0 Å². The minimum Gasteiger partial charge on any atom is -0.350 e. The average molecular weight is 378 g/mol. The fourth-order valence-corrected chi connectivity index (χ4v) is 3.72. The summed E-state index contributed by atoms with van der Waals surface area (Å²) in [6.07, 6.45) is 7.82. The first-order valence-corrected chi connectivity index (χ1v) is 9.79. The molecule has 0 spiro atoms. The first-order valence-electron chi connectivity index (χ1n) is 9.79. The number of aryl methyl sites for hydroxylation is 1. The van der Waals surface area contributed by atoms with Gasteiger partial charge in [0.05, 0.1) is 11.9 Å². The summed E-state index contributed by atoms with van der Waals surface area (Å²) in [7, 11) is 0. The van der Waals surface area contributed by atoms with E-state index in [1.54, 1.807) is 12.4 Å². The molecule has 1 aliphatic heterocycles. The first kappa shape index (κ1) is 18.4. The van der Waals surface area contributed by atoms with Crippen LogP contribution in [0.3, 0.4) is 0 Å². The standard InChI is InChI=1S/C21H26N6O/c1-16-5-2-3-7-19(16)26-14-17(12-25-26)11-23-21(28)15-27-20(8-10-24-27)18-6-4-9-22-13-18/h2-3,5,7-8,10,12,14,18,22H,4,6,9,11,13,15H2,1H3,(H,23,28)/t18-/m1/s1. The third-order valence-corrected chi connectivity index (χ3v) is 5.25. The maximum Gasteiger partial charge on any atom is 0.242 e. The zero-order valence-electron chi connectivity index (χ0n) is 16.1. The molecule has 1 atom stereocenters. The van der Waals surface area contributed by atoms with Crippen molar-refractivity contribution in [3.63, 3.8) is 0 Å². The number of carbonyl (C=O) groups excluding carboxylic acids is 1. The first-order chi connectivity index (χ1) is 13.7. The molecule has 1 saturated heterocycles. The number of nitrogens with zero attached hydrogens (tertiary/aromatic N) is 4. The summed E-state index contributed by atoms with van der Waals surface area (Å²) in [5.74, 6) is 0.383. The molecule has 0 saturated carbocycles. The van der Waals surface area contributed by atoms with E-state index in [2.05, 4.69) is 33.8 Å². The zero-order valence-corrected chi connectivity index (χ0v) is 16.1. The van der Waals surface area contributed by atoms with E-state index in [1.165, 1.54) is 0 Å². The number of aromatic nitrogens is 4. The number of para-hydroxylation sites is 1. The zero-order chi connectivity index (χ0) is 19.3. The van der Waals surface area contributed by atoms with Gasteiger partial charge in [-0.3, -0.25) is 9.48 Å². The van der Waals surface area contributed by atoms with Crippen LogP contribution in [0, 0.1) is 6.92 Å². The van der Waals surface area contributed by atoms with E-state index in [4.69, 9.17) is 0 Å². The summed E-state index contributed by atoms with van der Waals surface area (Å²) in [6.45, 7) is 4.77. The summed E-state index contributed by atoms with van der Waals surface area (Å²) in [5.41, 5.74) is 4.30. The molecule has 4 rings (SSSR count). The molecule has 1 aliphatic rings. The Labute approximate surface area is 164 Å². The second-order valence-electron chi connectivity index (χ2n) is 7.31. The van der Waals surface area contributed by atoms with Gasteiger partial charge in [0.15, 0.2) is 0 Å². The molecule has 3 heterocycles. The van der Waals surface area contributed by atoms with Crippen LogP contribution in [0.4, 0.5) is 0 Å². The number of amides is 1. The Balaban J connectivity index is 1.35. The summed E-state index contributed by atoms with van der Waals surface area (Å²) < 4.78 is 3.67. The molecule has 1 amide bonds. The van der Waals surface area contributed by atoms with Crippen molar-refractivity contribution in [2.75, 3.05) is 13.1 Å². The van der Waals surface area contributed by atoms with Gasteiger partial charge in [-0.25, -0.2) is 4.68 Å². The molecule has 0 radical (unpaired) electrons. The Bertz CT molecular complexity index is 938. The van der Waals surface area contributed by atoms with E-state index in [9.17, 15) is 4.79 Å². The van der Waals surface area contributed by atoms with Gasteiger partial charge in [0.2, 0.25) is 5.91 Å². The average Bonchev–Trinajstić information content (AvgIpc) is 3.37. The fourth-order valence-electron chi connectivity index (χ4n) is 3.72. The summed E-state index contributed by atoms with van der Waals surface area (Å²) in [5, 5.41) is 15.2. The number of piperidine rings is 1. The lowest BCUT2D eigenvalue weighted by molar-refractivity contribution is -0.122. The molecule has 146 valence electrons. The maximum absolute atomic E-state index is 12.4. The number of benzene rings is 1. The van der Waals surface area contributed by atoms with Crippen molar-refractivity contribution in [2.45, 2.75) is 38.8 Å². The predicted molar refractivity (Wildman–Crippen MR) is 107 cm³/mol. The van der Waals surface area contributed by atoms with E-state index >= 15 is 0 Å². The van der Waals surface area contributed by atoms with E-state index in [1.807, 2.05) is 39.8 Å². The van der Waals surface area contributed by atoms with Crippen molar-refractivity contribution in [2.24, 2.45) is 0 Å². The largest absolute Gasteiger partial charge is 0.350 e. The van der Waals surface area contributed by atoms with E-state index in [0.29, 0.717) is 12.5 Å². The van der Waals surface area contributed by atoms with Crippen LogP contribution in [-0.4, -0.2) is 38.6 Å². The minimum absolute atomic E-state index is 0.0441. The van der Waals surface area contributed by atoms with E-state index in [-0.39, 0.29) is 12.5 Å². The number of carbonyl (C=O) groups is 1. The minimum atomic E-state index is -0.0441. The molecule has 2 N–H and O–H groups in total. The highest BCUT2D eigenvalue weighted by Gasteiger charge is 2.19. The number of hydrogen-bond acceptors (Lipinski definition) is 4. The predicted octanol–water partition coefficient (Wildman–Crippen LogP) is 2.16. The molecular formula is C21H26N6O. The van der Waals surface area contributed by atoms with Gasteiger partial charge in [0.1, 0.15) is 6.54 Å². The van der Waals surface area contributed by atoms with Crippen LogP contribution in [0.5, 0.6) is 0 Å². The molecule has 1 aromatic carbocycles. The summed E-state index contributed by atoms with van der Waals surface area (Å²) in [4.78, 5) is 12.4. The fraction of sp³-hybridized carbons (Fsp3) is 0.381. The molecule has 0 aliphatic carbocycles. The quantitative estimate of drug-likeness (QED) is 0.689. The SMILES string of the molecule is Cc1ccccc1-n1cc(CNC(=O)Cn2nccc2[C@@H]2CCCNC2)cn1. The van der Waals surface area contributed by atoms with Gasteiger partial charge in [-0.05, 0) is 44.0 Å². The smallest absolute Gasteiger partial charge is 0.242 e. The Kier molecular flexibility index (Phi) is 5.53. The van der Waals surface area contributed by atoms with Gasteiger partial charge in [-0.1, -0.05) is 18.2 Å². The van der Waals surface area contributed by atoms with Crippen LogP contribution < -0.4 is 10.6 Å². The van der Waals surface area contributed by atoms with Crippen molar-refractivity contribution in [1.82, 2.24) is 30.2 Å². The summed E-state index contributed by atoms with van der Waals surface area (Å²) in [6, 6.07) is 10.1. The third kappa shape index (κ3) is 4.14. The number of hydrogen-bond donors (Lipinski definition) is 2. The highest BCUT2D eigenvalue weighted by Crippen LogP contribution is 2.22. The molecule has 1 fully saturated rings. The third-order valence-electron chi connectivity index (χ3n) is 5.25. The van der Waals surface area contributed by atoms with Gasteiger partial charge >= 0.3 is 0 Å². The topological polar surface area (TPSA) is 76.8 Å². The second kappa shape index (κ2) is 8.39. The van der Waals surface area contributed by atoms with Crippen molar-refractivity contribution in [3.8, 4) is 5.69 Å². The van der Waals surface area contributed by atoms with Crippen LogP contribution in [0.2, 0.25) is 0 Å².